The zero-order chi connectivity index (χ0) is 12.1. The number of aryl methyl sites for hydroxylation is 1. The highest BCUT2D eigenvalue weighted by molar-refractivity contribution is 5.88. The normalized spacial score (nSPS) is 12.3. The van der Waals surface area contributed by atoms with Gasteiger partial charge < -0.3 is 5.32 Å². The van der Waals surface area contributed by atoms with Gasteiger partial charge in [0.15, 0.2) is 0 Å². The summed E-state index contributed by atoms with van der Waals surface area (Å²) in [5.74, 6) is 1.55. The van der Waals surface area contributed by atoms with Crippen molar-refractivity contribution in [2.24, 2.45) is 5.92 Å². The van der Waals surface area contributed by atoms with Crippen molar-refractivity contribution in [1.29, 1.82) is 0 Å². The van der Waals surface area contributed by atoms with Gasteiger partial charge >= 0.3 is 6.03 Å². The molecule has 1 atom stereocenters. The highest BCUT2D eigenvalue weighted by Crippen LogP contribution is 2.03. The van der Waals surface area contributed by atoms with Gasteiger partial charge in [-0.2, -0.15) is 0 Å². The van der Waals surface area contributed by atoms with Crippen LogP contribution in [-0.4, -0.2) is 22.0 Å². The van der Waals surface area contributed by atoms with Gasteiger partial charge in [0, 0.05) is 12.2 Å². The number of aromatic nitrogens is 2. The number of amides is 2. The molecule has 0 aromatic carbocycles. The number of carbonyl (C=O) groups is 1. The molecule has 1 rings (SSSR count). The molecule has 0 saturated carbocycles. The van der Waals surface area contributed by atoms with Crippen molar-refractivity contribution in [1.82, 2.24) is 15.3 Å². The summed E-state index contributed by atoms with van der Waals surface area (Å²) >= 11 is 0. The van der Waals surface area contributed by atoms with Gasteiger partial charge in [0.2, 0.25) is 0 Å². The Morgan fingerprint density at radius 2 is 2.06 bits per heavy atom. The molecule has 1 heterocycles. The number of urea groups is 1. The number of anilines is 1. The molecule has 0 aliphatic carbocycles. The Kier molecular flexibility index (Phi) is 4.22. The Labute approximate surface area is 95.7 Å². The Morgan fingerprint density at radius 1 is 1.38 bits per heavy atom. The highest BCUT2D eigenvalue weighted by Gasteiger charge is 2.10. The van der Waals surface area contributed by atoms with Gasteiger partial charge in [-0.05, 0) is 25.8 Å². The molecule has 5 heteroatoms. The minimum Gasteiger partial charge on any atom is -0.335 e. The summed E-state index contributed by atoms with van der Waals surface area (Å²) in [5, 5.41) is 5.50. The van der Waals surface area contributed by atoms with Gasteiger partial charge in [0.25, 0.3) is 0 Å². The zero-order valence-electron chi connectivity index (χ0n) is 10.1. The molecule has 0 spiro atoms. The lowest BCUT2D eigenvalue weighted by atomic mass is 10.1. The van der Waals surface area contributed by atoms with Crippen LogP contribution in [0.5, 0.6) is 0 Å². The van der Waals surface area contributed by atoms with Crippen LogP contribution in [0.3, 0.4) is 0 Å². The Hall–Kier alpha value is -1.65. The molecule has 0 aliphatic rings. The molecule has 0 radical (unpaired) electrons. The van der Waals surface area contributed by atoms with Crippen molar-refractivity contribution in [2.45, 2.75) is 33.7 Å². The standard InChI is InChI=1S/C11H18N4O/c1-7(2)8(3)13-11(16)15-10-5-6-12-9(4)14-10/h5-8H,1-4H3,(H2,12,13,14,15,16). The van der Waals surface area contributed by atoms with Gasteiger partial charge in [-0.1, -0.05) is 13.8 Å². The first-order chi connectivity index (χ1) is 7.49. The van der Waals surface area contributed by atoms with E-state index in [2.05, 4.69) is 34.4 Å². The van der Waals surface area contributed by atoms with Crippen molar-refractivity contribution >= 4 is 11.8 Å². The van der Waals surface area contributed by atoms with Gasteiger partial charge in [0.05, 0.1) is 0 Å². The molecular weight excluding hydrogens is 204 g/mol. The number of nitrogens with zero attached hydrogens (tertiary/aromatic N) is 2. The van der Waals surface area contributed by atoms with E-state index in [9.17, 15) is 4.79 Å². The van der Waals surface area contributed by atoms with Gasteiger partial charge in [-0.15, -0.1) is 0 Å². The second-order valence-corrected chi connectivity index (χ2v) is 4.12. The maximum absolute atomic E-state index is 11.6. The van der Waals surface area contributed by atoms with E-state index >= 15 is 0 Å². The summed E-state index contributed by atoms with van der Waals surface area (Å²) in [6, 6.07) is 1.55. The lowest BCUT2D eigenvalue weighted by molar-refractivity contribution is 0.246. The van der Waals surface area contributed by atoms with Crippen molar-refractivity contribution < 1.29 is 4.79 Å². The quantitative estimate of drug-likeness (QED) is 0.821. The topological polar surface area (TPSA) is 66.9 Å². The molecule has 5 nitrogen and oxygen atoms in total. The van der Waals surface area contributed by atoms with Crippen molar-refractivity contribution in [3.05, 3.63) is 18.1 Å². The lowest BCUT2D eigenvalue weighted by Crippen LogP contribution is -2.39. The molecule has 1 aromatic rings. The molecule has 0 aliphatic heterocycles. The molecule has 88 valence electrons. The maximum Gasteiger partial charge on any atom is 0.320 e. The van der Waals surface area contributed by atoms with Crippen LogP contribution in [0.1, 0.15) is 26.6 Å². The van der Waals surface area contributed by atoms with Crippen LogP contribution < -0.4 is 10.6 Å². The molecule has 0 fully saturated rings. The third kappa shape index (κ3) is 3.84. The first kappa shape index (κ1) is 12.4. The zero-order valence-corrected chi connectivity index (χ0v) is 10.1. The van der Waals surface area contributed by atoms with E-state index in [0.717, 1.165) is 0 Å². The third-order valence-electron chi connectivity index (χ3n) is 2.38. The second-order valence-electron chi connectivity index (χ2n) is 4.12. The molecule has 0 bridgehead atoms. The summed E-state index contributed by atoms with van der Waals surface area (Å²) in [7, 11) is 0. The summed E-state index contributed by atoms with van der Waals surface area (Å²) in [4.78, 5) is 19.6. The fourth-order valence-electron chi connectivity index (χ4n) is 1.05. The largest absolute Gasteiger partial charge is 0.335 e. The van der Waals surface area contributed by atoms with Crippen molar-refractivity contribution in [3.8, 4) is 0 Å². The monoisotopic (exact) mass is 222 g/mol. The van der Waals surface area contributed by atoms with E-state index in [-0.39, 0.29) is 12.1 Å². The summed E-state index contributed by atoms with van der Waals surface area (Å²) in [6.07, 6.45) is 1.61. The maximum atomic E-state index is 11.6. The van der Waals surface area contributed by atoms with Crippen LogP contribution in [0, 0.1) is 12.8 Å². The first-order valence-corrected chi connectivity index (χ1v) is 5.36. The molecule has 2 N–H and O–H groups in total. The summed E-state index contributed by atoms with van der Waals surface area (Å²) < 4.78 is 0. The average molecular weight is 222 g/mol. The highest BCUT2D eigenvalue weighted by atomic mass is 16.2. The van der Waals surface area contributed by atoms with E-state index in [1.807, 2.05) is 6.92 Å². The Balaban J connectivity index is 2.52. The minimum absolute atomic E-state index is 0.128. The van der Waals surface area contributed by atoms with E-state index in [0.29, 0.717) is 17.6 Å². The van der Waals surface area contributed by atoms with Gasteiger partial charge in [-0.25, -0.2) is 14.8 Å². The van der Waals surface area contributed by atoms with Crippen LogP contribution in [0.15, 0.2) is 12.3 Å². The first-order valence-electron chi connectivity index (χ1n) is 5.36. The van der Waals surface area contributed by atoms with Crippen LogP contribution >= 0.6 is 0 Å². The average Bonchev–Trinajstić information content (AvgIpc) is 2.16. The predicted octanol–water partition coefficient (Wildman–Crippen LogP) is 1.95. The lowest BCUT2D eigenvalue weighted by Gasteiger charge is -2.17. The fourth-order valence-corrected chi connectivity index (χ4v) is 1.05. The Morgan fingerprint density at radius 3 is 2.62 bits per heavy atom. The number of carbonyl (C=O) groups excluding carboxylic acids is 1. The molecule has 1 aromatic heterocycles. The van der Waals surface area contributed by atoms with Crippen LogP contribution in [0.2, 0.25) is 0 Å². The van der Waals surface area contributed by atoms with Crippen LogP contribution in [0.4, 0.5) is 10.6 Å². The van der Waals surface area contributed by atoms with Gasteiger partial charge in [-0.3, -0.25) is 5.32 Å². The van der Waals surface area contributed by atoms with Crippen LogP contribution in [0.25, 0.3) is 0 Å². The Bertz CT molecular complexity index is 365. The minimum atomic E-state index is -0.237. The summed E-state index contributed by atoms with van der Waals surface area (Å²) in [6.45, 7) is 7.86. The molecule has 1 unspecified atom stereocenters. The number of rotatable bonds is 3. The van der Waals surface area contributed by atoms with Crippen molar-refractivity contribution in [2.75, 3.05) is 5.32 Å². The number of hydrogen-bond acceptors (Lipinski definition) is 3. The molecule has 2 amide bonds. The molecular formula is C11H18N4O. The van der Waals surface area contributed by atoms with E-state index < -0.39 is 0 Å². The number of hydrogen-bond donors (Lipinski definition) is 2. The molecule has 16 heavy (non-hydrogen) atoms. The third-order valence-corrected chi connectivity index (χ3v) is 2.38. The van der Waals surface area contributed by atoms with E-state index in [1.165, 1.54) is 0 Å². The van der Waals surface area contributed by atoms with Crippen LogP contribution in [-0.2, 0) is 0 Å². The van der Waals surface area contributed by atoms with E-state index in [1.54, 1.807) is 19.2 Å². The second kappa shape index (κ2) is 5.44. The predicted molar refractivity (Wildman–Crippen MR) is 63.2 cm³/mol. The smallest absolute Gasteiger partial charge is 0.320 e. The van der Waals surface area contributed by atoms with Gasteiger partial charge in [0.1, 0.15) is 11.6 Å². The fraction of sp³-hybridized carbons (Fsp3) is 0.545. The SMILES string of the molecule is Cc1nccc(NC(=O)NC(C)C(C)C)n1. The van der Waals surface area contributed by atoms with Crippen molar-refractivity contribution in [3.63, 3.8) is 0 Å². The molecule has 0 saturated heterocycles. The van der Waals surface area contributed by atoms with E-state index in [4.69, 9.17) is 0 Å². The summed E-state index contributed by atoms with van der Waals surface area (Å²) in [5.41, 5.74) is 0. The number of nitrogens with one attached hydrogen (secondary N) is 2.